The van der Waals surface area contributed by atoms with Gasteiger partial charge in [-0.15, -0.1) is 0 Å². The molecule has 1 aliphatic carbocycles. The molecule has 1 aromatic rings. The first-order valence-corrected chi connectivity index (χ1v) is 5.72. The quantitative estimate of drug-likeness (QED) is 0.823. The first-order chi connectivity index (χ1) is 7.65. The summed E-state index contributed by atoms with van der Waals surface area (Å²) in [6.45, 7) is 3.15. The number of hydrogen-bond acceptors (Lipinski definition) is 3. The molecule has 0 aromatic carbocycles. The summed E-state index contributed by atoms with van der Waals surface area (Å²) in [5, 5.41) is 11.8. The van der Waals surface area contributed by atoms with Crippen LogP contribution in [0.3, 0.4) is 0 Å². The van der Waals surface area contributed by atoms with E-state index in [1.54, 1.807) is 6.07 Å². The molecule has 4 nitrogen and oxygen atoms in total. The Labute approximate surface area is 94.6 Å². The maximum atomic E-state index is 10.6. The van der Waals surface area contributed by atoms with Crippen LogP contribution in [0.25, 0.3) is 0 Å². The predicted octanol–water partition coefficient (Wildman–Crippen LogP) is 2.83. The Morgan fingerprint density at radius 1 is 1.56 bits per heavy atom. The number of carbonyl (C=O) groups is 1. The summed E-state index contributed by atoms with van der Waals surface area (Å²) in [4.78, 5) is 10.6. The molecule has 1 aliphatic rings. The molecule has 1 saturated carbocycles. The van der Waals surface area contributed by atoms with E-state index in [2.05, 4.69) is 12.2 Å². The molecule has 1 heterocycles. The summed E-state index contributed by atoms with van der Waals surface area (Å²) in [5.41, 5.74) is 0. The summed E-state index contributed by atoms with van der Waals surface area (Å²) >= 11 is 0. The van der Waals surface area contributed by atoms with E-state index in [0.717, 1.165) is 12.5 Å². The molecule has 2 atom stereocenters. The van der Waals surface area contributed by atoms with Gasteiger partial charge in [0, 0.05) is 12.6 Å². The molecular formula is C12H17NO3. The average molecular weight is 223 g/mol. The van der Waals surface area contributed by atoms with Crippen molar-refractivity contribution in [2.75, 3.05) is 11.9 Å². The summed E-state index contributed by atoms with van der Waals surface area (Å²) in [6, 6.07) is 3.14. The largest absolute Gasteiger partial charge is 0.475 e. The van der Waals surface area contributed by atoms with Crippen LogP contribution in [0.15, 0.2) is 16.5 Å². The first kappa shape index (κ1) is 11.0. The van der Waals surface area contributed by atoms with Crippen LogP contribution in [-0.2, 0) is 0 Å². The Kier molecular flexibility index (Phi) is 3.17. The summed E-state index contributed by atoms with van der Waals surface area (Å²) < 4.78 is 5.12. The second-order valence-electron chi connectivity index (χ2n) is 4.63. The Morgan fingerprint density at radius 3 is 2.94 bits per heavy atom. The first-order valence-electron chi connectivity index (χ1n) is 5.72. The number of carboxylic acids is 1. The topological polar surface area (TPSA) is 62.5 Å². The predicted molar refractivity (Wildman–Crippen MR) is 60.7 cm³/mol. The van der Waals surface area contributed by atoms with Crippen molar-refractivity contribution < 1.29 is 14.3 Å². The molecule has 0 bridgehead atoms. The van der Waals surface area contributed by atoms with Gasteiger partial charge < -0.3 is 14.8 Å². The summed E-state index contributed by atoms with van der Waals surface area (Å²) in [7, 11) is 0. The highest BCUT2D eigenvalue weighted by molar-refractivity contribution is 5.84. The molecule has 2 N–H and O–H groups in total. The Morgan fingerprint density at radius 2 is 2.38 bits per heavy atom. The highest BCUT2D eigenvalue weighted by atomic mass is 16.4. The minimum Gasteiger partial charge on any atom is -0.475 e. The Bertz CT molecular complexity index is 372. The molecule has 88 valence electrons. The van der Waals surface area contributed by atoms with E-state index in [9.17, 15) is 4.79 Å². The third-order valence-corrected chi connectivity index (χ3v) is 3.19. The van der Waals surface area contributed by atoms with Crippen molar-refractivity contribution in [1.82, 2.24) is 0 Å². The number of hydrogen-bond donors (Lipinski definition) is 2. The lowest BCUT2D eigenvalue weighted by atomic mass is 10.1. The smallest absolute Gasteiger partial charge is 0.371 e. The van der Waals surface area contributed by atoms with Crippen molar-refractivity contribution in [3.8, 4) is 0 Å². The van der Waals surface area contributed by atoms with Crippen molar-refractivity contribution >= 4 is 11.9 Å². The number of aromatic carboxylic acids is 1. The zero-order valence-corrected chi connectivity index (χ0v) is 9.40. The van der Waals surface area contributed by atoms with Gasteiger partial charge in [-0.05, 0) is 30.7 Å². The molecule has 1 aromatic heterocycles. The number of nitrogens with one attached hydrogen (secondary N) is 1. The lowest BCUT2D eigenvalue weighted by Crippen LogP contribution is -2.10. The van der Waals surface area contributed by atoms with Crippen molar-refractivity contribution in [3.05, 3.63) is 17.9 Å². The van der Waals surface area contributed by atoms with Gasteiger partial charge in [0.1, 0.15) is 0 Å². The van der Waals surface area contributed by atoms with Crippen LogP contribution >= 0.6 is 0 Å². The molecule has 0 spiro atoms. The van der Waals surface area contributed by atoms with E-state index in [4.69, 9.17) is 9.52 Å². The summed E-state index contributed by atoms with van der Waals surface area (Å²) in [6.07, 6.45) is 3.80. The fourth-order valence-corrected chi connectivity index (χ4v) is 2.30. The lowest BCUT2D eigenvalue weighted by molar-refractivity contribution is 0.0663. The maximum Gasteiger partial charge on any atom is 0.371 e. The monoisotopic (exact) mass is 223 g/mol. The van der Waals surface area contributed by atoms with Crippen molar-refractivity contribution in [2.45, 2.75) is 26.2 Å². The molecule has 2 unspecified atom stereocenters. The van der Waals surface area contributed by atoms with Gasteiger partial charge in [-0.2, -0.15) is 0 Å². The molecule has 2 rings (SSSR count). The van der Waals surface area contributed by atoms with Gasteiger partial charge in [-0.25, -0.2) is 4.79 Å². The van der Waals surface area contributed by atoms with E-state index < -0.39 is 5.97 Å². The SMILES string of the molecule is CC1CCC(CNc2ccc(C(=O)O)o2)C1. The minimum absolute atomic E-state index is 0.0118. The second-order valence-corrected chi connectivity index (χ2v) is 4.63. The lowest BCUT2D eigenvalue weighted by Gasteiger charge is -2.09. The van der Waals surface area contributed by atoms with E-state index >= 15 is 0 Å². The maximum absolute atomic E-state index is 10.6. The average Bonchev–Trinajstić information content (AvgIpc) is 2.83. The van der Waals surface area contributed by atoms with Crippen LogP contribution < -0.4 is 5.32 Å². The van der Waals surface area contributed by atoms with E-state index in [0.29, 0.717) is 11.8 Å². The van der Waals surface area contributed by atoms with Crippen LogP contribution in [0, 0.1) is 11.8 Å². The Balaban J connectivity index is 1.83. The number of anilines is 1. The van der Waals surface area contributed by atoms with Crippen molar-refractivity contribution in [2.24, 2.45) is 11.8 Å². The van der Waals surface area contributed by atoms with Crippen molar-refractivity contribution in [1.29, 1.82) is 0 Å². The van der Waals surface area contributed by atoms with Crippen LogP contribution in [0.5, 0.6) is 0 Å². The van der Waals surface area contributed by atoms with Gasteiger partial charge in [-0.1, -0.05) is 13.3 Å². The van der Waals surface area contributed by atoms with Gasteiger partial charge in [-0.3, -0.25) is 0 Å². The third kappa shape index (κ3) is 2.56. The van der Waals surface area contributed by atoms with E-state index in [-0.39, 0.29) is 5.76 Å². The van der Waals surface area contributed by atoms with Gasteiger partial charge in [0.25, 0.3) is 0 Å². The molecule has 0 radical (unpaired) electrons. The van der Waals surface area contributed by atoms with Crippen LogP contribution in [0.1, 0.15) is 36.7 Å². The number of rotatable bonds is 4. The zero-order valence-electron chi connectivity index (χ0n) is 9.40. The van der Waals surface area contributed by atoms with Crippen molar-refractivity contribution in [3.63, 3.8) is 0 Å². The Hall–Kier alpha value is -1.45. The third-order valence-electron chi connectivity index (χ3n) is 3.19. The minimum atomic E-state index is -1.03. The normalized spacial score (nSPS) is 24.6. The van der Waals surface area contributed by atoms with Gasteiger partial charge >= 0.3 is 5.97 Å². The fourth-order valence-electron chi connectivity index (χ4n) is 2.30. The molecular weight excluding hydrogens is 206 g/mol. The van der Waals surface area contributed by atoms with Crippen LogP contribution in [0.4, 0.5) is 5.88 Å². The second kappa shape index (κ2) is 4.60. The molecule has 4 heteroatoms. The molecule has 16 heavy (non-hydrogen) atoms. The number of furan rings is 1. The number of carboxylic acid groups (broad SMARTS) is 1. The summed E-state index contributed by atoms with van der Waals surface area (Å²) in [5.74, 6) is 1.02. The van der Waals surface area contributed by atoms with E-state index in [1.807, 2.05) is 0 Å². The van der Waals surface area contributed by atoms with Crippen LogP contribution in [-0.4, -0.2) is 17.6 Å². The zero-order chi connectivity index (χ0) is 11.5. The molecule has 1 fully saturated rings. The highest BCUT2D eigenvalue weighted by Gasteiger charge is 2.21. The molecule has 0 aliphatic heterocycles. The molecule has 0 amide bonds. The highest BCUT2D eigenvalue weighted by Crippen LogP contribution is 2.30. The molecule has 0 saturated heterocycles. The fraction of sp³-hybridized carbons (Fsp3) is 0.583. The van der Waals surface area contributed by atoms with Crippen LogP contribution in [0.2, 0.25) is 0 Å². The van der Waals surface area contributed by atoms with Gasteiger partial charge in [0.05, 0.1) is 0 Å². The van der Waals surface area contributed by atoms with Gasteiger partial charge in [0.15, 0.2) is 5.88 Å². The van der Waals surface area contributed by atoms with E-state index in [1.165, 1.54) is 25.3 Å². The van der Waals surface area contributed by atoms with Gasteiger partial charge in [0.2, 0.25) is 5.76 Å². The standard InChI is InChI=1S/C12H17NO3/c1-8-2-3-9(6-8)7-13-11-5-4-10(16-11)12(14)15/h4-5,8-9,13H,2-3,6-7H2,1H3,(H,14,15).